The Balaban J connectivity index is 2.68. The minimum atomic E-state index is -4.68. The van der Waals surface area contributed by atoms with Crippen LogP contribution >= 0.6 is 15.6 Å². The van der Waals surface area contributed by atoms with Crippen LogP contribution in [-0.4, -0.2) is 33.2 Å². The lowest BCUT2D eigenvalue weighted by molar-refractivity contribution is 0.0798. The number of ether oxygens (including phenoxy) is 2. The first kappa shape index (κ1) is 32.5. The topological polar surface area (TPSA) is 152 Å². The van der Waals surface area contributed by atoms with Crippen molar-refractivity contribution < 1.29 is 47.2 Å². The highest BCUT2D eigenvalue weighted by Gasteiger charge is 2.23. The molecule has 0 amide bonds. The average Bonchev–Trinajstić information content (AvgIpc) is 2.76. The van der Waals surface area contributed by atoms with E-state index >= 15 is 0 Å². The quantitative estimate of drug-likeness (QED) is 0.149. The third kappa shape index (κ3) is 9.18. The standard InChI is InChI=1S/C26H40O10P2/c1-15(2)21-9-19(10-22(16(3)4)25(21)33-13-35-37(27,28)29)20-11-23(17(5)6)26(24(12-20)18(7)8)34-14-36-38(30,31)32/h9-12,15-18H,13-14H2,1-8H3,(H2,27,28,29)(H2,30,31,32). The number of phosphoric ester groups is 2. The van der Waals surface area contributed by atoms with Gasteiger partial charge in [-0.05, 0) is 81.3 Å². The summed E-state index contributed by atoms with van der Waals surface area (Å²) < 4.78 is 42.9. The lowest BCUT2D eigenvalue weighted by Crippen LogP contribution is -2.09. The van der Waals surface area contributed by atoms with Crippen LogP contribution in [0.1, 0.15) is 101 Å². The molecule has 0 fully saturated rings. The minimum absolute atomic E-state index is 0.0408. The van der Waals surface area contributed by atoms with Crippen LogP contribution in [0.25, 0.3) is 11.1 Å². The van der Waals surface area contributed by atoms with Crippen molar-refractivity contribution in [1.82, 2.24) is 0 Å². The smallest absolute Gasteiger partial charge is 0.466 e. The summed E-state index contributed by atoms with van der Waals surface area (Å²) in [6.07, 6.45) is 0. The lowest BCUT2D eigenvalue weighted by Gasteiger charge is -2.24. The summed E-state index contributed by atoms with van der Waals surface area (Å²) in [7, 11) is -9.36. The molecule has 2 aromatic rings. The van der Waals surface area contributed by atoms with E-state index in [1.54, 1.807) is 0 Å². The summed E-state index contributed by atoms with van der Waals surface area (Å²) in [5, 5.41) is 0. The highest BCUT2D eigenvalue weighted by Crippen LogP contribution is 2.44. The van der Waals surface area contributed by atoms with E-state index in [4.69, 9.17) is 29.0 Å². The maximum atomic E-state index is 11.1. The molecule has 0 bridgehead atoms. The second kappa shape index (κ2) is 13.1. The fourth-order valence-electron chi connectivity index (χ4n) is 4.04. The summed E-state index contributed by atoms with van der Waals surface area (Å²) >= 11 is 0. The van der Waals surface area contributed by atoms with Crippen molar-refractivity contribution in [2.45, 2.75) is 79.1 Å². The van der Waals surface area contributed by atoms with Crippen molar-refractivity contribution in [2.24, 2.45) is 0 Å². The Kier molecular flexibility index (Phi) is 11.2. The van der Waals surface area contributed by atoms with E-state index in [-0.39, 0.29) is 23.7 Å². The first-order chi connectivity index (χ1) is 17.4. The Morgan fingerprint density at radius 1 is 0.553 bits per heavy atom. The highest BCUT2D eigenvalue weighted by atomic mass is 31.2. The van der Waals surface area contributed by atoms with Gasteiger partial charge in [-0.2, -0.15) is 0 Å². The van der Waals surface area contributed by atoms with Crippen molar-refractivity contribution in [3.05, 3.63) is 46.5 Å². The number of phosphoric acid groups is 2. The van der Waals surface area contributed by atoms with Crippen LogP contribution in [-0.2, 0) is 18.2 Å². The average molecular weight is 575 g/mol. The monoisotopic (exact) mass is 574 g/mol. The van der Waals surface area contributed by atoms with Gasteiger partial charge in [0.15, 0.2) is 13.6 Å². The number of hydrogen-bond donors (Lipinski definition) is 4. The summed E-state index contributed by atoms with van der Waals surface area (Å²) in [5.74, 6) is 1.24. The predicted molar refractivity (Wildman–Crippen MR) is 145 cm³/mol. The number of benzene rings is 2. The summed E-state index contributed by atoms with van der Waals surface area (Å²) in [6.45, 7) is 14.9. The molecule has 0 unspecified atom stereocenters. The van der Waals surface area contributed by atoms with E-state index in [9.17, 15) is 9.13 Å². The normalized spacial score (nSPS) is 12.7. The third-order valence-corrected chi connectivity index (χ3v) is 6.85. The van der Waals surface area contributed by atoms with Crippen molar-refractivity contribution in [1.29, 1.82) is 0 Å². The first-order valence-electron chi connectivity index (χ1n) is 12.4. The number of rotatable bonds is 13. The van der Waals surface area contributed by atoms with E-state index < -0.39 is 29.2 Å². The predicted octanol–water partition coefficient (Wildman–Crippen LogP) is 6.74. The van der Waals surface area contributed by atoms with E-state index in [2.05, 4.69) is 9.05 Å². The van der Waals surface area contributed by atoms with Crippen LogP contribution in [0.2, 0.25) is 0 Å². The molecule has 2 aromatic carbocycles. The Morgan fingerprint density at radius 3 is 0.974 bits per heavy atom. The fraction of sp³-hybridized carbons (Fsp3) is 0.538. The van der Waals surface area contributed by atoms with Gasteiger partial charge in [-0.25, -0.2) is 18.2 Å². The molecule has 0 heterocycles. The maximum absolute atomic E-state index is 11.1. The van der Waals surface area contributed by atoms with Gasteiger partial charge in [0, 0.05) is 0 Å². The van der Waals surface area contributed by atoms with Crippen molar-refractivity contribution >= 4 is 15.6 Å². The molecule has 214 valence electrons. The van der Waals surface area contributed by atoms with Crippen LogP contribution in [0.3, 0.4) is 0 Å². The van der Waals surface area contributed by atoms with E-state index in [0.717, 1.165) is 33.4 Å². The van der Waals surface area contributed by atoms with Gasteiger partial charge in [0.25, 0.3) is 0 Å². The molecular formula is C26H40O10P2. The third-order valence-electron chi connectivity index (χ3n) is 5.96. The Bertz CT molecular complexity index is 1040. The van der Waals surface area contributed by atoms with Gasteiger partial charge in [-0.15, -0.1) is 0 Å². The highest BCUT2D eigenvalue weighted by molar-refractivity contribution is 7.46. The zero-order valence-electron chi connectivity index (χ0n) is 23.2. The molecule has 0 radical (unpaired) electrons. The lowest BCUT2D eigenvalue weighted by atomic mass is 9.86. The maximum Gasteiger partial charge on any atom is 0.472 e. The molecule has 12 heteroatoms. The molecule has 0 aliphatic rings. The van der Waals surface area contributed by atoms with Gasteiger partial charge in [0.05, 0.1) is 0 Å². The molecule has 4 N–H and O–H groups in total. The van der Waals surface area contributed by atoms with Crippen LogP contribution in [0.15, 0.2) is 24.3 Å². The van der Waals surface area contributed by atoms with Crippen LogP contribution in [0.5, 0.6) is 11.5 Å². The molecule has 0 aliphatic heterocycles. The molecule has 0 saturated carbocycles. The zero-order chi connectivity index (χ0) is 29.0. The molecule has 10 nitrogen and oxygen atoms in total. The molecule has 38 heavy (non-hydrogen) atoms. The Hall–Kier alpha value is -1.74. The van der Waals surface area contributed by atoms with Gasteiger partial charge < -0.3 is 29.0 Å². The van der Waals surface area contributed by atoms with E-state index in [1.807, 2.05) is 79.7 Å². The first-order valence-corrected chi connectivity index (χ1v) is 15.5. The Morgan fingerprint density at radius 2 is 0.789 bits per heavy atom. The minimum Gasteiger partial charge on any atom is -0.466 e. The molecule has 0 aromatic heterocycles. The molecule has 0 spiro atoms. The van der Waals surface area contributed by atoms with Gasteiger partial charge in [-0.1, -0.05) is 55.4 Å². The van der Waals surface area contributed by atoms with Crippen molar-refractivity contribution in [3.63, 3.8) is 0 Å². The molecule has 0 aliphatic carbocycles. The second-order valence-corrected chi connectivity index (χ2v) is 12.8. The zero-order valence-corrected chi connectivity index (χ0v) is 25.0. The molecule has 0 atom stereocenters. The molecular weight excluding hydrogens is 534 g/mol. The summed E-state index contributed by atoms with van der Waals surface area (Å²) in [5.41, 5.74) is 5.34. The van der Waals surface area contributed by atoms with Crippen LogP contribution in [0.4, 0.5) is 0 Å². The van der Waals surface area contributed by atoms with Crippen LogP contribution < -0.4 is 9.47 Å². The largest absolute Gasteiger partial charge is 0.472 e. The van der Waals surface area contributed by atoms with Gasteiger partial charge >= 0.3 is 15.6 Å². The van der Waals surface area contributed by atoms with E-state index in [1.165, 1.54) is 0 Å². The van der Waals surface area contributed by atoms with Gasteiger partial charge in [0.1, 0.15) is 11.5 Å². The van der Waals surface area contributed by atoms with E-state index in [0.29, 0.717) is 11.5 Å². The second-order valence-electron chi connectivity index (χ2n) is 10.4. The van der Waals surface area contributed by atoms with Crippen molar-refractivity contribution in [3.8, 4) is 22.6 Å². The van der Waals surface area contributed by atoms with Crippen LogP contribution in [0, 0.1) is 0 Å². The Labute approximate surface area is 224 Å². The van der Waals surface area contributed by atoms with Crippen molar-refractivity contribution in [2.75, 3.05) is 13.6 Å². The molecule has 2 rings (SSSR count). The number of hydrogen-bond acceptors (Lipinski definition) is 6. The fourth-order valence-corrected chi connectivity index (χ4v) is 4.42. The SMILES string of the molecule is CC(C)c1cc(-c2cc(C(C)C)c(OCOP(=O)(O)O)c(C(C)C)c2)cc(C(C)C)c1OCOP(=O)(O)O. The summed E-state index contributed by atoms with van der Waals surface area (Å²) in [4.78, 5) is 36.2. The summed E-state index contributed by atoms with van der Waals surface area (Å²) in [6, 6.07) is 8.02. The molecule has 0 saturated heterocycles. The van der Waals surface area contributed by atoms with Gasteiger partial charge in [0.2, 0.25) is 0 Å². The van der Waals surface area contributed by atoms with Gasteiger partial charge in [-0.3, -0.25) is 0 Å².